The predicted octanol–water partition coefficient (Wildman–Crippen LogP) is 0.0180. The van der Waals surface area contributed by atoms with Gasteiger partial charge in [0.15, 0.2) is 0 Å². The lowest BCUT2D eigenvalue weighted by Gasteiger charge is -2.19. The molecule has 2 heterocycles. The second-order valence-corrected chi connectivity index (χ2v) is 4.60. The minimum absolute atomic E-state index is 0.0246. The van der Waals surface area contributed by atoms with Crippen LogP contribution in [0.3, 0.4) is 0 Å². The maximum absolute atomic E-state index is 12.1. The smallest absolute Gasteiger partial charge is 0.325 e. The number of carbonyl (C=O) groups excluding carboxylic acids is 1. The number of hydrogen-bond donors (Lipinski definition) is 2. The summed E-state index contributed by atoms with van der Waals surface area (Å²) >= 11 is 0. The number of nitrogens with two attached hydrogens (primary N) is 1. The summed E-state index contributed by atoms with van der Waals surface area (Å²) in [7, 11) is 0. The molecule has 1 saturated heterocycles. The normalized spacial score (nSPS) is 23.1. The molecule has 96 valence electrons. The standard InChI is InChI=1S/C12H15N3O3/c1-8-3-2-4-9(14-8)10(16)15-6-5-12(13,7-15)11(17)18/h2-4H,5-7,13H2,1H3,(H,17,18). The lowest BCUT2D eigenvalue weighted by atomic mass is 10.0. The first-order chi connectivity index (χ1) is 8.42. The van der Waals surface area contributed by atoms with Gasteiger partial charge in [0.25, 0.3) is 5.91 Å². The van der Waals surface area contributed by atoms with Crippen molar-refractivity contribution in [2.24, 2.45) is 5.73 Å². The molecule has 2 rings (SSSR count). The molecule has 0 bridgehead atoms. The van der Waals surface area contributed by atoms with Crippen LogP contribution < -0.4 is 5.73 Å². The van der Waals surface area contributed by atoms with Crippen LogP contribution in [0.15, 0.2) is 18.2 Å². The van der Waals surface area contributed by atoms with E-state index >= 15 is 0 Å². The third-order valence-corrected chi connectivity index (χ3v) is 3.12. The number of pyridine rings is 1. The summed E-state index contributed by atoms with van der Waals surface area (Å²) in [5.74, 6) is -1.35. The third-order valence-electron chi connectivity index (χ3n) is 3.12. The number of likely N-dealkylation sites (tertiary alicyclic amines) is 1. The first kappa shape index (κ1) is 12.5. The van der Waals surface area contributed by atoms with E-state index in [1.165, 1.54) is 4.90 Å². The maximum atomic E-state index is 12.1. The van der Waals surface area contributed by atoms with Gasteiger partial charge < -0.3 is 15.7 Å². The molecule has 1 aromatic rings. The summed E-state index contributed by atoms with van der Waals surface area (Å²) in [4.78, 5) is 28.7. The number of aryl methyl sites for hydroxylation is 1. The highest BCUT2D eigenvalue weighted by Gasteiger charge is 2.43. The van der Waals surface area contributed by atoms with E-state index in [2.05, 4.69) is 4.98 Å². The van der Waals surface area contributed by atoms with E-state index in [-0.39, 0.29) is 18.9 Å². The van der Waals surface area contributed by atoms with E-state index in [9.17, 15) is 9.59 Å². The Labute approximate surface area is 104 Å². The Morgan fingerprint density at radius 3 is 2.78 bits per heavy atom. The first-order valence-corrected chi connectivity index (χ1v) is 5.67. The lowest BCUT2D eigenvalue weighted by molar-refractivity contribution is -0.142. The second-order valence-electron chi connectivity index (χ2n) is 4.60. The Morgan fingerprint density at radius 1 is 1.50 bits per heavy atom. The van der Waals surface area contributed by atoms with Crippen molar-refractivity contribution in [3.05, 3.63) is 29.6 Å². The SMILES string of the molecule is Cc1cccc(C(=O)N2CCC(N)(C(=O)O)C2)n1. The highest BCUT2D eigenvalue weighted by Crippen LogP contribution is 2.20. The molecule has 1 amide bonds. The molecule has 0 aliphatic carbocycles. The molecule has 1 fully saturated rings. The molecule has 1 aromatic heterocycles. The molecular formula is C12H15N3O3. The summed E-state index contributed by atoms with van der Waals surface area (Å²) in [5.41, 5.74) is 5.46. The Hall–Kier alpha value is -1.95. The van der Waals surface area contributed by atoms with Crippen molar-refractivity contribution in [1.82, 2.24) is 9.88 Å². The number of hydrogen-bond acceptors (Lipinski definition) is 4. The van der Waals surface area contributed by atoms with E-state index in [0.717, 1.165) is 5.69 Å². The fourth-order valence-electron chi connectivity index (χ4n) is 2.01. The molecule has 0 aromatic carbocycles. The van der Waals surface area contributed by atoms with Gasteiger partial charge >= 0.3 is 5.97 Å². The molecule has 1 aliphatic heterocycles. The van der Waals surface area contributed by atoms with Crippen molar-refractivity contribution in [2.45, 2.75) is 18.9 Å². The molecule has 0 radical (unpaired) electrons. The number of carbonyl (C=O) groups is 2. The summed E-state index contributed by atoms with van der Waals surface area (Å²) in [6, 6.07) is 5.16. The topological polar surface area (TPSA) is 96.5 Å². The predicted molar refractivity (Wildman–Crippen MR) is 64.0 cm³/mol. The molecule has 0 saturated carbocycles. The minimum Gasteiger partial charge on any atom is -0.480 e. The van der Waals surface area contributed by atoms with Gasteiger partial charge in [-0.1, -0.05) is 6.07 Å². The fourth-order valence-corrected chi connectivity index (χ4v) is 2.01. The van der Waals surface area contributed by atoms with Gasteiger partial charge in [-0.25, -0.2) is 4.98 Å². The van der Waals surface area contributed by atoms with Gasteiger partial charge in [-0.2, -0.15) is 0 Å². The molecule has 18 heavy (non-hydrogen) atoms. The largest absolute Gasteiger partial charge is 0.480 e. The number of carboxylic acids is 1. The van der Waals surface area contributed by atoms with E-state index < -0.39 is 11.5 Å². The molecule has 3 N–H and O–H groups in total. The number of amides is 1. The van der Waals surface area contributed by atoms with Gasteiger partial charge in [-0.3, -0.25) is 9.59 Å². The zero-order valence-electron chi connectivity index (χ0n) is 10.1. The number of aromatic nitrogens is 1. The van der Waals surface area contributed by atoms with Crippen LogP contribution >= 0.6 is 0 Å². The quantitative estimate of drug-likeness (QED) is 0.770. The Morgan fingerprint density at radius 2 is 2.22 bits per heavy atom. The Bertz CT molecular complexity index is 503. The van der Waals surface area contributed by atoms with Crippen LogP contribution in [0.2, 0.25) is 0 Å². The van der Waals surface area contributed by atoms with Gasteiger partial charge in [0, 0.05) is 18.8 Å². The number of nitrogens with zero attached hydrogens (tertiary/aromatic N) is 2. The van der Waals surface area contributed by atoms with Crippen molar-refractivity contribution in [2.75, 3.05) is 13.1 Å². The fraction of sp³-hybridized carbons (Fsp3) is 0.417. The Balaban J connectivity index is 2.15. The van der Waals surface area contributed by atoms with Crippen molar-refractivity contribution in [3.8, 4) is 0 Å². The maximum Gasteiger partial charge on any atom is 0.325 e. The monoisotopic (exact) mass is 249 g/mol. The third kappa shape index (κ3) is 2.19. The van der Waals surface area contributed by atoms with Crippen molar-refractivity contribution < 1.29 is 14.7 Å². The van der Waals surface area contributed by atoms with E-state index in [4.69, 9.17) is 10.8 Å². The van der Waals surface area contributed by atoms with E-state index in [0.29, 0.717) is 12.2 Å². The van der Waals surface area contributed by atoms with Crippen LogP contribution in [0.5, 0.6) is 0 Å². The van der Waals surface area contributed by atoms with Gasteiger partial charge in [0.05, 0.1) is 0 Å². The summed E-state index contributed by atoms with van der Waals surface area (Å²) < 4.78 is 0. The number of rotatable bonds is 2. The highest BCUT2D eigenvalue weighted by molar-refractivity contribution is 5.93. The molecule has 0 spiro atoms. The molecule has 6 heteroatoms. The summed E-state index contributed by atoms with van der Waals surface area (Å²) in [6.45, 7) is 2.17. The second kappa shape index (κ2) is 4.38. The summed E-state index contributed by atoms with van der Waals surface area (Å²) in [5, 5.41) is 9.01. The van der Waals surface area contributed by atoms with Crippen molar-refractivity contribution in [3.63, 3.8) is 0 Å². The zero-order valence-corrected chi connectivity index (χ0v) is 10.1. The van der Waals surface area contributed by atoms with Crippen molar-refractivity contribution >= 4 is 11.9 Å². The van der Waals surface area contributed by atoms with Gasteiger partial charge in [0.2, 0.25) is 0 Å². The Kier molecular flexibility index (Phi) is 3.04. The van der Waals surface area contributed by atoms with E-state index in [1.807, 2.05) is 0 Å². The lowest BCUT2D eigenvalue weighted by Crippen LogP contribution is -2.50. The van der Waals surface area contributed by atoms with Crippen molar-refractivity contribution in [1.29, 1.82) is 0 Å². The number of aliphatic carboxylic acids is 1. The van der Waals surface area contributed by atoms with Crippen LogP contribution in [0.1, 0.15) is 22.6 Å². The highest BCUT2D eigenvalue weighted by atomic mass is 16.4. The van der Waals surface area contributed by atoms with Gasteiger partial charge in [0.1, 0.15) is 11.2 Å². The molecule has 1 atom stereocenters. The van der Waals surface area contributed by atoms with Crippen LogP contribution in [-0.2, 0) is 4.79 Å². The minimum atomic E-state index is -1.33. The van der Waals surface area contributed by atoms with Crippen LogP contribution in [0, 0.1) is 6.92 Å². The number of carboxylic acid groups (broad SMARTS) is 1. The summed E-state index contributed by atoms with van der Waals surface area (Å²) in [6.07, 6.45) is 0.264. The van der Waals surface area contributed by atoms with Crippen LogP contribution in [-0.4, -0.2) is 45.5 Å². The van der Waals surface area contributed by atoms with Gasteiger partial charge in [-0.15, -0.1) is 0 Å². The molecule has 1 unspecified atom stereocenters. The molecular weight excluding hydrogens is 234 g/mol. The van der Waals surface area contributed by atoms with Gasteiger partial charge in [-0.05, 0) is 25.5 Å². The average molecular weight is 249 g/mol. The van der Waals surface area contributed by atoms with Crippen LogP contribution in [0.4, 0.5) is 0 Å². The van der Waals surface area contributed by atoms with Crippen LogP contribution in [0.25, 0.3) is 0 Å². The average Bonchev–Trinajstić information content (AvgIpc) is 2.72. The first-order valence-electron chi connectivity index (χ1n) is 5.67. The zero-order chi connectivity index (χ0) is 13.3. The molecule has 6 nitrogen and oxygen atoms in total. The van der Waals surface area contributed by atoms with E-state index in [1.54, 1.807) is 25.1 Å². The molecule has 1 aliphatic rings.